The molecule has 0 spiro atoms. The number of anilines is 6. The van der Waals surface area contributed by atoms with Crippen molar-refractivity contribution >= 4 is 72.9 Å². The van der Waals surface area contributed by atoms with Gasteiger partial charge in [0, 0.05) is 72.7 Å². The first-order valence-corrected chi connectivity index (χ1v) is 27.4. The number of fused-ring (bicyclic) bond motifs is 6. The number of aromatic nitrogens is 2. The average molecular weight is 1000 g/mol. The lowest BCUT2D eigenvalue weighted by molar-refractivity contribution is 0.477. The van der Waals surface area contributed by atoms with Crippen molar-refractivity contribution in [1.82, 2.24) is 9.13 Å². The van der Waals surface area contributed by atoms with Crippen molar-refractivity contribution < 1.29 is 0 Å². The van der Waals surface area contributed by atoms with E-state index in [0.29, 0.717) is 11.8 Å². The summed E-state index contributed by atoms with van der Waals surface area (Å²) in [4.78, 5) is 4.81. The Morgan fingerprint density at radius 2 is 0.782 bits per heavy atom. The van der Waals surface area contributed by atoms with Gasteiger partial charge in [-0.3, -0.25) is 0 Å². The van der Waals surface area contributed by atoms with Crippen LogP contribution in [0.1, 0.15) is 31.1 Å². The first-order chi connectivity index (χ1) is 38.5. The van der Waals surface area contributed by atoms with Gasteiger partial charge in [0.25, 0.3) is 0 Å². The summed E-state index contributed by atoms with van der Waals surface area (Å²) < 4.78 is 5.01. The average Bonchev–Trinajstić information content (AvgIpc) is 4.25. The predicted molar refractivity (Wildman–Crippen MR) is 330 cm³/mol. The largest absolute Gasteiger partial charge is 0.336 e. The highest BCUT2D eigenvalue weighted by atomic mass is 15.2. The highest BCUT2D eigenvalue weighted by Gasteiger charge is 2.28. The van der Waals surface area contributed by atoms with Crippen molar-refractivity contribution in [2.45, 2.75) is 26.3 Å². The molecule has 0 fully saturated rings. The molecule has 12 aromatic rings. The van der Waals surface area contributed by atoms with E-state index in [0.717, 1.165) is 57.4 Å². The summed E-state index contributed by atoms with van der Waals surface area (Å²) in [6.45, 7) is 4.67. The molecule has 2 aromatic heterocycles. The summed E-state index contributed by atoms with van der Waals surface area (Å²) in [5.74, 6) is 0.886. The molecule has 14 rings (SSSR count). The van der Waals surface area contributed by atoms with Crippen molar-refractivity contribution in [3.8, 4) is 39.1 Å². The fourth-order valence-electron chi connectivity index (χ4n) is 12.2. The van der Waals surface area contributed by atoms with Crippen LogP contribution in [-0.4, -0.2) is 9.13 Å². The molecule has 4 nitrogen and oxygen atoms in total. The molecule has 2 aliphatic carbocycles. The van der Waals surface area contributed by atoms with Crippen LogP contribution in [0.3, 0.4) is 0 Å². The fraction of sp³-hybridized carbons (Fsp3) is 0.0811. The summed E-state index contributed by atoms with van der Waals surface area (Å²) in [5, 5.41) is 3.73. The molecule has 374 valence electrons. The van der Waals surface area contributed by atoms with Crippen molar-refractivity contribution in [3.63, 3.8) is 0 Å². The SMILES string of the molecule is CC1C=Cc2c(n(C3C=CC=CC3C)c3ccc(N(c4ccc(-c5ccccc5)cc4)c4ccc(-c5ccc(N(c6ccc(-c7ccccc7)cc6)c6ccc7c(c6)c6ccccc6n7-c6ccccc6)cc5)cc4)cc23)C1. The smallest absolute Gasteiger partial charge is 0.0582 e. The molecule has 0 N–H and O–H groups in total. The highest BCUT2D eigenvalue weighted by molar-refractivity contribution is 6.11. The summed E-state index contributed by atoms with van der Waals surface area (Å²) >= 11 is 0. The normalized spacial score (nSPS) is 15.7. The summed E-state index contributed by atoms with van der Waals surface area (Å²) in [6, 6.07) is 91.2. The number of nitrogens with zero attached hydrogens (tertiary/aromatic N) is 4. The minimum absolute atomic E-state index is 0.271. The van der Waals surface area contributed by atoms with Crippen LogP contribution in [0, 0.1) is 11.8 Å². The van der Waals surface area contributed by atoms with Crippen LogP contribution in [0.2, 0.25) is 0 Å². The maximum absolute atomic E-state index is 2.63. The Bertz CT molecular complexity index is 4220. The Morgan fingerprint density at radius 3 is 1.31 bits per heavy atom. The third-order valence-corrected chi connectivity index (χ3v) is 16.1. The number of para-hydroxylation sites is 2. The van der Waals surface area contributed by atoms with E-state index in [1.54, 1.807) is 0 Å². The molecule has 78 heavy (non-hydrogen) atoms. The maximum atomic E-state index is 2.63. The Hall–Kier alpha value is -9.64. The lowest BCUT2D eigenvalue weighted by atomic mass is 9.93. The Labute approximate surface area is 457 Å². The first kappa shape index (κ1) is 46.9. The molecule has 3 unspecified atom stereocenters. The second-order valence-electron chi connectivity index (χ2n) is 21.1. The number of hydrogen-bond donors (Lipinski definition) is 0. The van der Waals surface area contributed by atoms with E-state index in [2.05, 4.69) is 318 Å². The molecule has 0 saturated heterocycles. The second-order valence-corrected chi connectivity index (χ2v) is 21.1. The molecule has 0 aliphatic heterocycles. The van der Waals surface area contributed by atoms with Crippen LogP contribution < -0.4 is 9.80 Å². The summed E-state index contributed by atoms with van der Waals surface area (Å²) in [6.07, 6.45) is 14.9. The predicted octanol–water partition coefficient (Wildman–Crippen LogP) is 20.2. The first-order valence-electron chi connectivity index (χ1n) is 27.4. The van der Waals surface area contributed by atoms with Gasteiger partial charge in [0.1, 0.15) is 0 Å². The fourth-order valence-corrected chi connectivity index (χ4v) is 12.2. The lowest BCUT2D eigenvalue weighted by Gasteiger charge is -2.28. The van der Waals surface area contributed by atoms with Crippen molar-refractivity contribution in [2.24, 2.45) is 11.8 Å². The van der Waals surface area contributed by atoms with Crippen LogP contribution in [0.25, 0.3) is 77.9 Å². The van der Waals surface area contributed by atoms with E-state index in [1.165, 1.54) is 66.2 Å². The van der Waals surface area contributed by atoms with E-state index in [-0.39, 0.29) is 6.04 Å². The number of rotatable bonds is 11. The maximum Gasteiger partial charge on any atom is 0.0582 e. The molecular weight excluding hydrogens is 945 g/mol. The van der Waals surface area contributed by atoms with Gasteiger partial charge >= 0.3 is 0 Å². The third kappa shape index (κ3) is 8.43. The molecule has 2 heterocycles. The monoisotopic (exact) mass is 1000 g/mol. The number of hydrogen-bond acceptors (Lipinski definition) is 2. The molecule has 0 amide bonds. The van der Waals surface area contributed by atoms with E-state index in [4.69, 9.17) is 0 Å². The highest BCUT2D eigenvalue weighted by Crippen LogP contribution is 2.45. The van der Waals surface area contributed by atoms with Gasteiger partial charge in [-0.15, -0.1) is 0 Å². The molecule has 2 aliphatic rings. The second kappa shape index (κ2) is 19.8. The van der Waals surface area contributed by atoms with Gasteiger partial charge < -0.3 is 18.9 Å². The zero-order chi connectivity index (χ0) is 52.1. The van der Waals surface area contributed by atoms with Gasteiger partial charge in [-0.1, -0.05) is 196 Å². The van der Waals surface area contributed by atoms with Gasteiger partial charge in [-0.2, -0.15) is 0 Å². The quantitative estimate of drug-likeness (QED) is 0.128. The Balaban J connectivity index is 0.839. The van der Waals surface area contributed by atoms with Gasteiger partial charge in [-0.05, 0) is 155 Å². The minimum Gasteiger partial charge on any atom is -0.336 e. The number of allylic oxidation sites excluding steroid dienone is 5. The van der Waals surface area contributed by atoms with Crippen LogP contribution in [-0.2, 0) is 6.42 Å². The lowest BCUT2D eigenvalue weighted by Crippen LogP contribution is -2.19. The molecular formula is C74H58N4. The van der Waals surface area contributed by atoms with Crippen molar-refractivity contribution in [1.29, 1.82) is 0 Å². The zero-order valence-corrected chi connectivity index (χ0v) is 43.9. The van der Waals surface area contributed by atoms with Crippen LogP contribution in [0.4, 0.5) is 34.1 Å². The van der Waals surface area contributed by atoms with Crippen LogP contribution in [0.5, 0.6) is 0 Å². The van der Waals surface area contributed by atoms with Crippen molar-refractivity contribution in [2.75, 3.05) is 9.80 Å². The van der Waals surface area contributed by atoms with E-state index in [9.17, 15) is 0 Å². The Kier molecular flexibility index (Phi) is 11.9. The minimum atomic E-state index is 0.271. The molecule has 0 bridgehead atoms. The van der Waals surface area contributed by atoms with E-state index >= 15 is 0 Å². The van der Waals surface area contributed by atoms with Gasteiger partial charge in [0.05, 0.1) is 17.1 Å². The van der Waals surface area contributed by atoms with Gasteiger partial charge in [-0.25, -0.2) is 0 Å². The standard InChI is InChI=1S/C74H58N4/c1-51-26-45-67-69-50-65(44-47-73(69)78(74(67)48-51)70-24-14-12-16-52(70)2)76(61-37-29-56(30-38-61)54-19-8-4-9-20-54)63-41-33-58(34-42-63)57-31-39-62(40-32-57)75(60-35-27-55(28-36-60)53-17-6-3-7-18-53)64-43-46-72-68(49-64)66-23-13-15-25-71(66)77(72)59-21-10-5-11-22-59/h3-47,49-52,70H,48H2,1-2H3. The topological polar surface area (TPSA) is 16.3 Å². The summed E-state index contributed by atoms with van der Waals surface area (Å²) in [7, 11) is 0. The summed E-state index contributed by atoms with van der Waals surface area (Å²) in [5.41, 5.74) is 21.3. The van der Waals surface area contributed by atoms with E-state index < -0.39 is 0 Å². The third-order valence-electron chi connectivity index (χ3n) is 16.1. The van der Waals surface area contributed by atoms with Crippen LogP contribution >= 0.6 is 0 Å². The molecule has 0 radical (unpaired) electrons. The number of benzene rings is 10. The van der Waals surface area contributed by atoms with E-state index in [1.807, 2.05) is 0 Å². The van der Waals surface area contributed by atoms with Crippen molar-refractivity contribution in [3.05, 3.63) is 290 Å². The zero-order valence-electron chi connectivity index (χ0n) is 43.9. The van der Waals surface area contributed by atoms with Gasteiger partial charge in [0.2, 0.25) is 0 Å². The molecule has 10 aromatic carbocycles. The van der Waals surface area contributed by atoms with Crippen LogP contribution in [0.15, 0.2) is 279 Å². The molecule has 0 saturated carbocycles. The molecule has 4 heteroatoms. The molecule has 3 atom stereocenters. The van der Waals surface area contributed by atoms with Gasteiger partial charge in [0.15, 0.2) is 0 Å². The Morgan fingerprint density at radius 1 is 0.359 bits per heavy atom.